The Bertz CT molecular complexity index is 468. The highest BCUT2D eigenvalue weighted by molar-refractivity contribution is 6.02. The lowest BCUT2D eigenvalue weighted by atomic mass is 9.95. The zero-order chi connectivity index (χ0) is 12.4. The highest BCUT2D eigenvalue weighted by Crippen LogP contribution is 2.22. The van der Waals surface area contributed by atoms with Crippen molar-refractivity contribution < 1.29 is 9.90 Å². The Morgan fingerprint density at radius 3 is 2.76 bits per heavy atom. The molecule has 0 aromatic heterocycles. The third-order valence-corrected chi connectivity index (χ3v) is 3.10. The normalized spacial score (nSPS) is 16.8. The molecule has 1 atom stereocenters. The van der Waals surface area contributed by atoms with Crippen LogP contribution < -0.4 is 0 Å². The Labute approximate surface area is 101 Å². The van der Waals surface area contributed by atoms with Crippen molar-refractivity contribution in [1.29, 1.82) is 0 Å². The molecule has 1 heterocycles. The van der Waals surface area contributed by atoms with Crippen molar-refractivity contribution in [1.82, 2.24) is 4.90 Å². The predicted molar refractivity (Wildman–Crippen MR) is 66.5 cm³/mol. The Morgan fingerprint density at radius 1 is 1.47 bits per heavy atom. The fourth-order valence-corrected chi connectivity index (χ4v) is 2.03. The molecule has 2 rings (SSSR count). The summed E-state index contributed by atoms with van der Waals surface area (Å²) < 4.78 is 0. The molecule has 17 heavy (non-hydrogen) atoms. The van der Waals surface area contributed by atoms with Crippen LogP contribution in [0, 0.1) is 0 Å². The molecular formula is C13H16N2O2. The first kappa shape index (κ1) is 11.6. The van der Waals surface area contributed by atoms with Gasteiger partial charge in [-0.25, -0.2) is 0 Å². The van der Waals surface area contributed by atoms with E-state index in [-0.39, 0.29) is 0 Å². The highest BCUT2D eigenvalue weighted by atomic mass is 16.4. The van der Waals surface area contributed by atoms with Gasteiger partial charge in [0.15, 0.2) is 0 Å². The molecule has 0 bridgehead atoms. The van der Waals surface area contributed by atoms with Crippen molar-refractivity contribution >= 4 is 11.8 Å². The number of rotatable bonds is 3. The van der Waals surface area contributed by atoms with E-state index in [1.165, 1.54) is 0 Å². The fraction of sp³-hybridized carbons (Fsp3) is 0.385. The van der Waals surface area contributed by atoms with E-state index >= 15 is 0 Å². The topological polar surface area (TPSA) is 52.9 Å². The quantitative estimate of drug-likeness (QED) is 0.860. The van der Waals surface area contributed by atoms with Crippen LogP contribution in [0.25, 0.3) is 0 Å². The number of carboxylic acids is 1. The van der Waals surface area contributed by atoms with Gasteiger partial charge in [0.1, 0.15) is 5.84 Å². The molecule has 1 aromatic carbocycles. The maximum atomic E-state index is 11.1. The molecule has 0 saturated heterocycles. The van der Waals surface area contributed by atoms with Gasteiger partial charge in [-0.2, -0.15) is 0 Å². The molecule has 1 unspecified atom stereocenters. The van der Waals surface area contributed by atoms with E-state index in [1.807, 2.05) is 31.3 Å². The van der Waals surface area contributed by atoms with Crippen LogP contribution in [0.15, 0.2) is 29.3 Å². The van der Waals surface area contributed by atoms with E-state index in [2.05, 4.69) is 9.89 Å². The van der Waals surface area contributed by atoms with Crippen molar-refractivity contribution in [3.05, 3.63) is 35.4 Å². The number of aliphatic carboxylic acids is 1. The Hall–Kier alpha value is -1.84. The molecule has 4 nitrogen and oxygen atoms in total. The molecule has 1 aliphatic heterocycles. The second-order valence-corrected chi connectivity index (χ2v) is 4.27. The third kappa shape index (κ3) is 2.16. The molecule has 0 spiro atoms. The number of amidine groups is 1. The van der Waals surface area contributed by atoms with Crippen LogP contribution in [0.3, 0.4) is 0 Å². The summed E-state index contributed by atoms with van der Waals surface area (Å²) >= 11 is 0. The number of hydrogen-bond donors (Lipinski definition) is 1. The van der Waals surface area contributed by atoms with Crippen LogP contribution in [-0.2, 0) is 4.79 Å². The van der Waals surface area contributed by atoms with Crippen molar-refractivity contribution in [2.24, 2.45) is 4.99 Å². The lowest BCUT2D eigenvalue weighted by Crippen LogP contribution is -2.25. The Kier molecular flexibility index (Phi) is 3.13. The van der Waals surface area contributed by atoms with Gasteiger partial charge in [-0.15, -0.1) is 0 Å². The number of carbonyl (C=O) groups is 1. The van der Waals surface area contributed by atoms with Crippen molar-refractivity contribution in [3.8, 4) is 0 Å². The lowest BCUT2D eigenvalue weighted by Gasteiger charge is -2.18. The fourth-order valence-electron chi connectivity index (χ4n) is 2.03. The summed E-state index contributed by atoms with van der Waals surface area (Å²) in [6.45, 7) is 3.38. The number of benzene rings is 1. The van der Waals surface area contributed by atoms with E-state index in [1.54, 1.807) is 6.92 Å². The smallest absolute Gasteiger partial charge is 0.310 e. The van der Waals surface area contributed by atoms with E-state index in [0.29, 0.717) is 0 Å². The molecule has 90 valence electrons. The van der Waals surface area contributed by atoms with Gasteiger partial charge >= 0.3 is 5.97 Å². The van der Waals surface area contributed by atoms with E-state index in [0.717, 1.165) is 30.1 Å². The van der Waals surface area contributed by atoms with Crippen molar-refractivity contribution in [3.63, 3.8) is 0 Å². The first-order valence-electron chi connectivity index (χ1n) is 5.69. The average Bonchev–Trinajstić information content (AvgIpc) is 2.74. The average molecular weight is 232 g/mol. The maximum Gasteiger partial charge on any atom is 0.310 e. The molecule has 1 aliphatic rings. The molecule has 4 heteroatoms. The van der Waals surface area contributed by atoms with Crippen LogP contribution in [0.1, 0.15) is 24.0 Å². The van der Waals surface area contributed by atoms with Crippen molar-refractivity contribution in [2.75, 3.05) is 20.1 Å². The minimum atomic E-state index is -0.807. The number of carboxylic acid groups (broad SMARTS) is 1. The summed E-state index contributed by atoms with van der Waals surface area (Å²) in [5.41, 5.74) is 1.76. The minimum absolute atomic E-state index is 0.511. The number of nitrogens with zero attached hydrogens (tertiary/aromatic N) is 2. The SMILES string of the molecule is CC(C(=O)O)c1ccccc1C1=NCCN1C. The summed E-state index contributed by atoms with van der Waals surface area (Å²) in [5.74, 6) is -0.421. The molecular weight excluding hydrogens is 216 g/mol. The summed E-state index contributed by atoms with van der Waals surface area (Å²) in [7, 11) is 1.98. The van der Waals surface area contributed by atoms with Gasteiger partial charge in [0, 0.05) is 19.2 Å². The van der Waals surface area contributed by atoms with Crippen LogP contribution in [-0.4, -0.2) is 41.9 Å². The van der Waals surface area contributed by atoms with E-state index < -0.39 is 11.9 Å². The number of aliphatic imine (C=N–C) groups is 1. The number of likely N-dealkylation sites (N-methyl/N-ethyl adjacent to an activating group) is 1. The molecule has 0 amide bonds. The van der Waals surface area contributed by atoms with Gasteiger partial charge in [-0.1, -0.05) is 24.3 Å². The van der Waals surface area contributed by atoms with Crippen LogP contribution in [0.4, 0.5) is 0 Å². The molecule has 0 aliphatic carbocycles. The predicted octanol–water partition coefficient (Wildman–Crippen LogP) is 1.57. The first-order chi connectivity index (χ1) is 8.11. The third-order valence-electron chi connectivity index (χ3n) is 3.10. The largest absolute Gasteiger partial charge is 0.481 e. The first-order valence-corrected chi connectivity index (χ1v) is 5.69. The van der Waals surface area contributed by atoms with E-state index in [9.17, 15) is 4.79 Å². The summed E-state index contributed by atoms with van der Waals surface area (Å²) in [6.07, 6.45) is 0. The molecule has 0 fully saturated rings. The zero-order valence-corrected chi connectivity index (χ0v) is 10.1. The maximum absolute atomic E-state index is 11.1. The summed E-state index contributed by atoms with van der Waals surface area (Å²) in [6, 6.07) is 7.59. The van der Waals surface area contributed by atoms with Gasteiger partial charge in [-0.3, -0.25) is 9.79 Å². The molecule has 1 aromatic rings. The van der Waals surface area contributed by atoms with Gasteiger partial charge in [0.2, 0.25) is 0 Å². The van der Waals surface area contributed by atoms with Crippen molar-refractivity contribution in [2.45, 2.75) is 12.8 Å². The van der Waals surface area contributed by atoms with Crippen LogP contribution in [0.5, 0.6) is 0 Å². The number of hydrogen-bond acceptors (Lipinski definition) is 3. The molecule has 1 N–H and O–H groups in total. The zero-order valence-electron chi connectivity index (χ0n) is 10.1. The summed E-state index contributed by atoms with van der Waals surface area (Å²) in [5, 5.41) is 9.12. The van der Waals surface area contributed by atoms with Crippen LogP contribution >= 0.6 is 0 Å². The van der Waals surface area contributed by atoms with Gasteiger partial charge < -0.3 is 10.0 Å². The minimum Gasteiger partial charge on any atom is -0.481 e. The van der Waals surface area contributed by atoms with Gasteiger partial charge in [-0.05, 0) is 12.5 Å². The summed E-state index contributed by atoms with van der Waals surface area (Å²) in [4.78, 5) is 17.6. The second kappa shape index (κ2) is 4.57. The van der Waals surface area contributed by atoms with Crippen LogP contribution in [0.2, 0.25) is 0 Å². The monoisotopic (exact) mass is 232 g/mol. The molecule has 0 radical (unpaired) electrons. The van der Waals surface area contributed by atoms with E-state index in [4.69, 9.17) is 5.11 Å². The van der Waals surface area contributed by atoms with Gasteiger partial charge in [0.05, 0.1) is 12.5 Å². The second-order valence-electron chi connectivity index (χ2n) is 4.27. The lowest BCUT2D eigenvalue weighted by molar-refractivity contribution is -0.138. The van der Waals surface area contributed by atoms with Gasteiger partial charge in [0.25, 0.3) is 0 Å². The highest BCUT2D eigenvalue weighted by Gasteiger charge is 2.22. The Balaban J connectivity index is 2.44. The Morgan fingerprint density at radius 2 is 2.18 bits per heavy atom. The standard InChI is InChI=1S/C13H16N2O2/c1-9(13(16)17)10-5-3-4-6-11(10)12-14-7-8-15(12)2/h3-6,9H,7-8H2,1-2H3,(H,16,17). The molecule has 0 saturated carbocycles.